The SMILES string of the molecule is Cc1ccc(-c2nc(CC(=O)Nc3ccnn3Cc3ccccc3Br)cs2)o1. The molecule has 3 aromatic heterocycles. The molecule has 1 amide bonds. The van der Waals surface area contributed by atoms with Gasteiger partial charge in [0.2, 0.25) is 5.91 Å². The lowest BCUT2D eigenvalue weighted by molar-refractivity contribution is -0.115. The third-order valence-electron chi connectivity index (χ3n) is 4.11. The third kappa shape index (κ3) is 4.23. The number of benzene rings is 1. The van der Waals surface area contributed by atoms with Gasteiger partial charge in [0.25, 0.3) is 0 Å². The highest BCUT2D eigenvalue weighted by Gasteiger charge is 2.13. The number of nitrogens with one attached hydrogen (secondary N) is 1. The van der Waals surface area contributed by atoms with Gasteiger partial charge in [0, 0.05) is 15.9 Å². The summed E-state index contributed by atoms with van der Waals surface area (Å²) in [5.41, 5.74) is 1.79. The molecule has 0 aliphatic heterocycles. The van der Waals surface area contributed by atoms with Crippen LogP contribution in [-0.4, -0.2) is 20.7 Å². The Morgan fingerprint density at radius 3 is 2.89 bits per heavy atom. The third-order valence-corrected chi connectivity index (χ3v) is 5.79. The second kappa shape index (κ2) is 8.12. The normalized spacial score (nSPS) is 10.9. The van der Waals surface area contributed by atoms with Gasteiger partial charge in [0.05, 0.1) is 24.9 Å². The van der Waals surface area contributed by atoms with E-state index >= 15 is 0 Å². The number of hydrogen-bond acceptors (Lipinski definition) is 5. The van der Waals surface area contributed by atoms with Crippen LogP contribution in [0.2, 0.25) is 0 Å². The predicted molar refractivity (Wildman–Crippen MR) is 112 cm³/mol. The lowest BCUT2D eigenvalue weighted by Gasteiger charge is -2.10. The molecule has 4 aromatic rings. The van der Waals surface area contributed by atoms with Crippen molar-refractivity contribution >= 4 is 39.0 Å². The number of anilines is 1. The zero-order valence-electron chi connectivity index (χ0n) is 15.1. The van der Waals surface area contributed by atoms with Gasteiger partial charge in [-0.3, -0.25) is 4.79 Å². The number of amides is 1. The van der Waals surface area contributed by atoms with E-state index in [4.69, 9.17) is 4.42 Å². The van der Waals surface area contributed by atoms with E-state index in [-0.39, 0.29) is 12.3 Å². The summed E-state index contributed by atoms with van der Waals surface area (Å²) >= 11 is 5.01. The minimum atomic E-state index is -0.138. The molecule has 8 heteroatoms. The Bertz CT molecular complexity index is 1110. The van der Waals surface area contributed by atoms with Crippen LogP contribution in [0.25, 0.3) is 10.8 Å². The molecule has 142 valence electrons. The predicted octanol–water partition coefficient (Wildman–Crippen LogP) is 4.90. The summed E-state index contributed by atoms with van der Waals surface area (Å²) in [5.74, 6) is 2.07. The number of nitrogens with zero attached hydrogens (tertiary/aromatic N) is 3. The Morgan fingerprint density at radius 2 is 2.11 bits per heavy atom. The molecule has 0 spiro atoms. The zero-order chi connectivity index (χ0) is 19.5. The highest BCUT2D eigenvalue weighted by atomic mass is 79.9. The molecule has 0 saturated heterocycles. The Balaban J connectivity index is 1.42. The standard InChI is InChI=1S/C20H17BrN4O2S/c1-13-6-7-17(27-13)20-23-15(12-28-20)10-19(26)24-18-8-9-22-25(18)11-14-4-2-3-5-16(14)21/h2-9,12H,10-11H2,1H3,(H,24,26). The first kappa shape index (κ1) is 18.6. The molecule has 0 aliphatic rings. The Hall–Kier alpha value is -2.71. The number of furan rings is 1. The van der Waals surface area contributed by atoms with E-state index in [0.717, 1.165) is 26.6 Å². The molecular weight excluding hydrogens is 440 g/mol. The summed E-state index contributed by atoms with van der Waals surface area (Å²) in [5, 5.41) is 9.89. The molecule has 6 nitrogen and oxygen atoms in total. The van der Waals surface area contributed by atoms with Crippen LogP contribution in [0.3, 0.4) is 0 Å². The summed E-state index contributed by atoms with van der Waals surface area (Å²) in [6.07, 6.45) is 1.86. The van der Waals surface area contributed by atoms with Crippen molar-refractivity contribution in [3.05, 3.63) is 75.5 Å². The van der Waals surface area contributed by atoms with Crippen LogP contribution in [0.5, 0.6) is 0 Å². The second-order valence-electron chi connectivity index (χ2n) is 6.24. The largest absolute Gasteiger partial charge is 0.459 e. The lowest BCUT2D eigenvalue weighted by Crippen LogP contribution is -2.18. The summed E-state index contributed by atoms with van der Waals surface area (Å²) in [7, 11) is 0. The van der Waals surface area contributed by atoms with Crippen LogP contribution in [0.1, 0.15) is 17.0 Å². The molecule has 0 saturated carbocycles. The van der Waals surface area contributed by atoms with E-state index in [9.17, 15) is 4.79 Å². The van der Waals surface area contributed by atoms with E-state index in [1.165, 1.54) is 11.3 Å². The summed E-state index contributed by atoms with van der Waals surface area (Å²) < 4.78 is 8.35. The maximum absolute atomic E-state index is 12.5. The molecule has 3 heterocycles. The van der Waals surface area contributed by atoms with Crippen molar-refractivity contribution in [1.29, 1.82) is 0 Å². The van der Waals surface area contributed by atoms with Gasteiger partial charge in [-0.2, -0.15) is 5.10 Å². The van der Waals surface area contributed by atoms with Gasteiger partial charge < -0.3 is 9.73 Å². The lowest BCUT2D eigenvalue weighted by atomic mass is 10.2. The quantitative estimate of drug-likeness (QED) is 0.447. The number of halogens is 1. The molecule has 28 heavy (non-hydrogen) atoms. The molecule has 0 aliphatic carbocycles. The van der Waals surface area contributed by atoms with Gasteiger partial charge in [-0.05, 0) is 30.7 Å². The number of aromatic nitrogens is 3. The fourth-order valence-electron chi connectivity index (χ4n) is 2.76. The molecule has 1 aromatic carbocycles. The van der Waals surface area contributed by atoms with Gasteiger partial charge in [-0.1, -0.05) is 34.1 Å². The zero-order valence-corrected chi connectivity index (χ0v) is 17.5. The van der Waals surface area contributed by atoms with Crippen LogP contribution in [0, 0.1) is 6.92 Å². The van der Waals surface area contributed by atoms with E-state index in [1.54, 1.807) is 16.9 Å². The number of hydrogen-bond donors (Lipinski definition) is 1. The minimum Gasteiger partial charge on any atom is -0.459 e. The van der Waals surface area contributed by atoms with E-state index < -0.39 is 0 Å². The second-order valence-corrected chi connectivity index (χ2v) is 7.96. The number of aryl methyl sites for hydroxylation is 1. The molecule has 0 bridgehead atoms. The Labute approximate surface area is 174 Å². The smallest absolute Gasteiger partial charge is 0.231 e. The monoisotopic (exact) mass is 456 g/mol. The maximum Gasteiger partial charge on any atom is 0.231 e. The van der Waals surface area contributed by atoms with Crippen LogP contribution in [0.4, 0.5) is 5.82 Å². The number of thiazole rings is 1. The average Bonchev–Trinajstić information content (AvgIpc) is 3.39. The fourth-order valence-corrected chi connectivity index (χ4v) is 3.94. The van der Waals surface area contributed by atoms with Crippen molar-refractivity contribution in [1.82, 2.24) is 14.8 Å². The minimum absolute atomic E-state index is 0.138. The van der Waals surface area contributed by atoms with Crippen molar-refractivity contribution < 1.29 is 9.21 Å². The molecule has 0 unspecified atom stereocenters. The first-order valence-corrected chi connectivity index (χ1v) is 10.3. The van der Waals surface area contributed by atoms with Crippen molar-refractivity contribution in [3.63, 3.8) is 0 Å². The van der Waals surface area contributed by atoms with Gasteiger partial charge >= 0.3 is 0 Å². The molecule has 1 N–H and O–H groups in total. The van der Waals surface area contributed by atoms with Crippen molar-refractivity contribution in [2.75, 3.05) is 5.32 Å². The highest BCUT2D eigenvalue weighted by Crippen LogP contribution is 2.26. The van der Waals surface area contributed by atoms with Gasteiger partial charge in [0.1, 0.15) is 11.6 Å². The van der Waals surface area contributed by atoms with E-state index in [1.807, 2.05) is 48.7 Å². The average molecular weight is 457 g/mol. The van der Waals surface area contributed by atoms with Crippen molar-refractivity contribution in [2.24, 2.45) is 0 Å². The van der Waals surface area contributed by atoms with Gasteiger partial charge in [0.15, 0.2) is 10.8 Å². The van der Waals surface area contributed by atoms with Crippen LogP contribution >= 0.6 is 27.3 Å². The molecule has 0 fully saturated rings. The first-order chi connectivity index (χ1) is 13.6. The maximum atomic E-state index is 12.5. The number of carbonyl (C=O) groups excluding carboxylic acids is 1. The molecule has 4 rings (SSSR count). The first-order valence-electron chi connectivity index (χ1n) is 8.65. The van der Waals surface area contributed by atoms with Crippen LogP contribution < -0.4 is 5.32 Å². The summed E-state index contributed by atoms with van der Waals surface area (Å²) in [6, 6.07) is 13.5. The molecule has 0 atom stereocenters. The van der Waals surface area contributed by atoms with Gasteiger partial charge in [-0.15, -0.1) is 11.3 Å². The summed E-state index contributed by atoms with van der Waals surface area (Å²) in [4.78, 5) is 17.0. The van der Waals surface area contributed by atoms with Crippen LogP contribution in [0.15, 0.2) is 62.9 Å². The fraction of sp³-hybridized carbons (Fsp3) is 0.150. The topological polar surface area (TPSA) is 73.0 Å². The molecule has 0 radical (unpaired) electrons. The molecular formula is C20H17BrN4O2S. The van der Waals surface area contributed by atoms with Crippen molar-refractivity contribution in [2.45, 2.75) is 19.9 Å². The number of rotatable bonds is 6. The van der Waals surface area contributed by atoms with Crippen molar-refractivity contribution in [3.8, 4) is 10.8 Å². The Kier molecular flexibility index (Phi) is 5.40. The van der Waals surface area contributed by atoms with Gasteiger partial charge in [-0.25, -0.2) is 9.67 Å². The number of carbonyl (C=O) groups is 1. The van der Waals surface area contributed by atoms with E-state index in [2.05, 4.69) is 31.3 Å². The Morgan fingerprint density at radius 1 is 1.25 bits per heavy atom. The van der Waals surface area contributed by atoms with Crippen LogP contribution in [-0.2, 0) is 17.8 Å². The highest BCUT2D eigenvalue weighted by molar-refractivity contribution is 9.10. The van der Waals surface area contributed by atoms with E-state index in [0.29, 0.717) is 18.1 Å². The summed E-state index contributed by atoms with van der Waals surface area (Å²) in [6.45, 7) is 2.45.